The number of alkyl halides is 3. The van der Waals surface area contributed by atoms with Crippen LogP contribution >= 0.6 is 23.2 Å². The van der Waals surface area contributed by atoms with Gasteiger partial charge in [0.05, 0.1) is 0 Å². The maximum absolute atomic E-state index is 12.4. The number of carbonyl (C=O) groups is 1. The van der Waals surface area contributed by atoms with Crippen molar-refractivity contribution in [2.24, 2.45) is 0 Å². The second kappa shape index (κ2) is 4.66. The van der Waals surface area contributed by atoms with Crippen LogP contribution < -0.4 is 0 Å². The second-order valence-corrected chi connectivity index (χ2v) is 3.11. The summed E-state index contributed by atoms with van der Waals surface area (Å²) in [5, 5.41) is -0.0958. The fourth-order valence-corrected chi connectivity index (χ4v) is 1.45. The highest BCUT2D eigenvalue weighted by Gasteiger charge is 2.18. The SMILES string of the molecule is O=Cc1c(CCl)cc(Cl)nc1C(F)F. The molecule has 1 aromatic heterocycles. The molecule has 0 radical (unpaired) electrons. The highest BCUT2D eigenvalue weighted by atomic mass is 35.5. The van der Waals surface area contributed by atoms with E-state index in [0.717, 1.165) is 0 Å². The number of aromatic nitrogens is 1. The van der Waals surface area contributed by atoms with Gasteiger partial charge in [-0.25, -0.2) is 13.8 Å². The molecule has 2 nitrogen and oxygen atoms in total. The molecule has 1 rings (SSSR count). The number of nitrogens with zero attached hydrogens (tertiary/aromatic N) is 1. The largest absolute Gasteiger partial charge is 0.298 e. The number of pyridine rings is 1. The summed E-state index contributed by atoms with van der Waals surface area (Å²) in [6, 6.07) is 1.30. The number of carbonyl (C=O) groups excluding carboxylic acids is 1. The average molecular weight is 240 g/mol. The van der Waals surface area contributed by atoms with Crippen LogP contribution in [0, 0.1) is 0 Å². The minimum Gasteiger partial charge on any atom is -0.298 e. The van der Waals surface area contributed by atoms with E-state index in [2.05, 4.69) is 4.98 Å². The average Bonchev–Trinajstić information content (AvgIpc) is 2.16. The molecule has 0 N–H and O–H groups in total. The third-order valence-electron chi connectivity index (χ3n) is 1.61. The van der Waals surface area contributed by atoms with Crippen LogP contribution in [0.4, 0.5) is 8.78 Å². The predicted octanol–water partition coefficient (Wildman–Crippen LogP) is 3.22. The minimum atomic E-state index is -2.84. The number of halogens is 4. The first-order chi connectivity index (χ1) is 6.60. The molecule has 1 heterocycles. The standard InChI is InChI=1S/C8H5Cl2F2NO/c9-2-4-1-6(10)13-7(8(11)12)5(4)3-14/h1,3,8H,2H2. The normalized spacial score (nSPS) is 10.6. The van der Waals surface area contributed by atoms with Gasteiger partial charge in [0.25, 0.3) is 6.43 Å². The Morgan fingerprint density at radius 3 is 2.64 bits per heavy atom. The second-order valence-electron chi connectivity index (χ2n) is 2.46. The molecule has 0 aromatic carbocycles. The van der Waals surface area contributed by atoms with E-state index in [0.29, 0.717) is 6.29 Å². The van der Waals surface area contributed by atoms with E-state index in [9.17, 15) is 13.6 Å². The Balaban J connectivity index is 3.39. The van der Waals surface area contributed by atoms with Gasteiger partial charge in [0.1, 0.15) is 10.8 Å². The Morgan fingerprint density at radius 1 is 1.57 bits per heavy atom. The van der Waals surface area contributed by atoms with Crippen LogP contribution in [0.15, 0.2) is 6.07 Å². The predicted molar refractivity (Wildman–Crippen MR) is 49.1 cm³/mol. The van der Waals surface area contributed by atoms with E-state index in [1.165, 1.54) is 6.07 Å². The smallest absolute Gasteiger partial charge is 0.281 e. The zero-order valence-corrected chi connectivity index (χ0v) is 8.32. The Morgan fingerprint density at radius 2 is 2.21 bits per heavy atom. The fourth-order valence-electron chi connectivity index (χ4n) is 1.01. The van der Waals surface area contributed by atoms with Crippen molar-refractivity contribution >= 4 is 29.5 Å². The molecule has 0 spiro atoms. The molecule has 0 unspecified atom stereocenters. The lowest BCUT2D eigenvalue weighted by Crippen LogP contribution is -2.02. The monoisotopic (exact) mass is 239 g/mol. The maximum atomic E-state index is 12.4. The summed E-state index contributed by atoms with van der Waals surface area (Å²) in [7, 11) is 0. The van der Waals surface area contributed by atoms with Crippen LogP contribution in [0.25, 0.3) is 0 Å². The Kier molecular flexibility index (Phi) is 3.77. The lowest BCUT2D eigenvalue weighted by Gasteiger charge is -2.07. The number of hydrogen-bond donors (Lipinski definition) is 0. The van der Waals surface area contributed by atoms with Gasteiger partial charge in [-0.15, -0.1) is 11.6 Å². The molecule has 0 aliphatic carbocycles. The van der Waals surface area contributed by atoms with Crippen molar-refractivity contribution in [2.75, 3.05) is 0 Å². The molecule has 0 fully saturated rings. The van der Waals surface area contributed by atoms with Crippen molar-refractivity contribution in [3.63, 3.8) is 0 Å². The summed E-state index contributed by atoms with van der Waals surface area (Å²) >= 11 is 11.0. The van der Waals surface area contributed by atoms with Gasteiger partial charge in [0.15, 0.2) is 6.29 Å². The van der Waals surface area contributed by atoms with Crippen LogP contribution in [0.2, 0.25) is 5.15 Å². The number of aldehydes is 1. The van der Waals surface area contributed by atoms with E-state index in [4.69, 9.17) is 23.2 Å². The molecule has 0 amide bonds. The molecule has 0 atom stereocenters. The molecular formula is C8H5Cl2F2NO. The lowest BCUT2D eigenvalue weighted by atomic mass is 10.1. The molecule has 76 valence electrons. The van der Waals surface area contributed by atoms with Crippen molar-refractivity contribution in [1.82, 2.24) is 4.98 Å². The zero-order valence-electron chi connectivity index (χ0n) is 6.81. The third-order valence-corrected chi connectivity index (χ3v) is 2.09. The quantitative estimate of drug-likeness (QED) is 0.461. The van der Waals surface area contributed by atoms with E-state index in [1.54, 1.807) is 0 Å². The summed E-state index contributed by atoms with van der Waals surface area (Å²) < 4.78 is 24.8. The number of hydrogen-bond acceptors (Lipinski definition) is 2. The van der Waals surface area contributed by atoms with E-state index < -0.39 is 12.1 Å². The first-order valence-electron chi connectivity index (χ1n) is 3.58. The van der Waals surface area contributed by atoms with Crippen LogP contribution in [0.5, 0.6) is 0 Å². The molecule has 0 aliphatic heterocycles. The van der Waals surface area contributed by atoms with Gasteiger partial charge in [0, 0.05) is 11.4 Å². The Hall–Kier alpha value is -0.740. The molecule has 0 saturated heterocycles. The first-order valence-corrected chi connectivity index (χ1v) is 4.50. The Labute approximate surface area is 88.8 Å². The minimum absolute atomic E-state index is 0.0595. The lowest BCUT2D eigenvalue weighted by molar-refractivity contribution is 0.110. The van der Waals surface area contributed by atoms with E-state index >= 15 is 0 Å². The van der Waals surface area contributed by atoms with Crippen molar-refractivity contribution in [2.45, 2.75) is 12.3 Å². The fraction of sp³-hybridized carbons (Fsp3) is 0.250. The van der Waals surface area contributed by atoms with Gasteiger partial charge in [-0.2, -0.15) is 0 Å². The van der Waals surface area contributed by atoms with Crippen molar-refractivity contribution in [1.29, 1.82) is 0 Å². The number of rotatable bonds is 3. The highest BCUT2D eigenvalue weighted by Crippen LogP contribution is 2.25. The van der Waals surface area contributed by atoms with Crippen molar-refractivity contribution in [3.8, 4) is 0 Å². The summed E-state index contributed by atoms with van der Waals surface area (Å²) in [5.41, 5.74) is -0.542. The molecule has 0 bridgehead atoms. The van der Waals surface area contributed by atoms with Gasteiger partial charge >= 0.3 is 0 Å². The van der Waals surface area contributed by atoms with Crippen molar-refractivity contribution in [3.05, 3.63) is 28.0 Å². The summed E-state index contributed by atoms with van der Waals surface area (Å²) in [6.07, 6.45) is -2.53. The van der Waals surface area contributed by atoms with Crippen LogP contribution in [0.3, 0.4) is 0 Å². The molecule has 14 heavy (non-hydrogen) atoms. The molecular weight excluding hydrogens is 235 g/mol. The first kappa shape index (κ1) is 11.3. The van der Waals surface area contributed by atoms with E-state index in [-0.39, 0.29) is 22.2 Å². The van der Waals surface area contributed by atoms with Gasteiger partial charge in [-0.05, 0) is 11.6 Å². The summed E-state index contributed by atoms with van der Waals surface area (Å²) in [5.74, 6) is -0.0595. The van der Waals surface area contributed by atoms with E-state index in [1.807, 2.05) is 0 Å². The summed E-state index contributed by atoms with van der Waals surface area (Å²) in [4.78, 5) is 13.9. The van der Waals surface area contributed by atoms with Crippen molar-refractivity contribution < 1.29 is 13.6 Å². The Bertz CT molecular complexity index is 357. The maximum Gasteiger partial charge on any atom is 0.281 e. The van der Waals surface area contributed by atoms with Crippen LogP contribution in [0.1, 0.15) is 28.0 Å². The van der Waals surface area contributed by atoms with Crippen LogP contribution in [-0.2, 0) is 5.88 Å². The molecule has 1 aromatic rings. The topological polar surface area (TPSA) is 30.0 Å². The zero-order chi connectivity index (χ0) is 10.7. The summed E-state index contributed by atoms with van der Waals surface area (Å²) in [6.45, 7) is 0. The third kappa shape index (κ3) is 2.19. The van der Waals surface area contributed by atoms with Gasteiger partial charge < -0.3 is 0 Å². The van der Waals surface area contributed by atoms with Gasteiger partial charge in [0.2, 0.25) is 0 Å². The molecule has 0 saturated carbocycles. The molecule has 0 aliphatic rings. The highest BCUT2D eigenvalue weighted by molar-refractivity contribution is 6.29. The van der Waals surface area contributed by atoms with Crippen LogP contribution in [-0.4, -0.2) is 11.3 Å². The molecule has 6 heteroatoms. The van der Waals surface area contributed by atoms with Gasteiger partial charge in [-0.1, -0.05) is 11.6 Å². The van der Waals surface area contributed by atoms with Gasteiger partial charge in [-0.3, -0.25) is 4.79 Å².